The molecule has 0 bridgehead atoms. The molecule has 1 aromatic carbocycles. The van der Waals surface area contributed by atoms with Crippen LogP contribution >= 0.6 is 0 Å². The second-order valence-corrected chi connectivity index (χ2v) is 4.05. The second kappa shape index (κ2) is 6.76. The Hall–Kier alpha value is -2.28. The lowest BCUT2D eigenvalue weighted by molar-refractivity contribution is 0.366. The predicted molar refractivity (Wildman–Crippen MR) is 73.0 cm³/mol. The minimum atomic E-state index is 0.580. The van der Waals surface area contributed by atoms with Crippen molar-refractivity contribution < 1.29 is 14.2 Å². The summed E-state index contributed by atoms with van der Waals surface area (Å²) in [5.41, 5.74) is 0.926. The number of hydrogen-bond acceptors (Lipinski definition) is 6. The molecule has 2 aromatic rings. The first-order chi connectivity index (χ1) is 9.78. The molecule has 0 amide bonds. The van der Waals surface area contributed by atoms with Gasteiger partial charge in [0.05, 0.1) is 33.4 Å². The molecule has 0 atom stereocenters. The first-order valence-electron chi connectivity index (χ1n) is 6.12. The quantitative estimate of drug-likeness (QED) is 0.790. The van der Waals surface area contributed by atoms with Gasteiger partial charge in [0.15, 0.2) is 0 Å². The fourth-order valence-electron chi connectivity index (χ4n) is 1.87. The maximum Gasteiger partial charge on any atom is 0.138 e. The molecule has 108 valence electrons. The number of benzene rings is 1. The number of rotatable bonds is 7. The van der Waals surface area contributed by atoms with Gasteiger partial charge in [0.2, 0.25) is 0 Å². The highest BCUT2D eigenvalue weighted by atomic mass is 16.5. The van der Waals surface area contributed by atoms with Gasteiger partial charge in [-0.15, -0.1) is 0 Å². The topological polar surface area (TPSA) is 81.3 Å². The van der Waals surface area contributed by atoms with E-state index in [4.69, 9.17) is 14.2 Å². The first kappa shape index (κ1) is 14.1. The van der Waals surface area contributed by atoms with Crippen LogP contribution in [0.2, 0.25) is 0 Å². The first-order valence-corrected chi connectivity index (χ1v) is 6.12. The van der Waals surface area contributed by atoms with Crippen molar-refractivity contribution >= 4 is 0 Å². The molecule has 2 rings (SSSR count). The molecule has 1 aromatic heterocycles. The van der Waals surface area contributed by atoms with Crippen molar-refractivity contribution in [2.45, 2.75) is 13.1 Å². The van der Waals surface area contributed by atoms with E-state index in [1.54, 1.807) is 21.3 Å². The largest absolute Gasteiger partial charge is 0.496 e. The highest BCUT2D eigenvalue weighted by Crippen LogP contribution is 2.33. The molecule has 7 nitrogen and oxygen atoms in total. The standard InChI is InChI=1S/C13H18N4O3/c1-18-9-4-11(19-2)10(12(5-9)20-3)6-14-7-13-15-8-16-17-13/h4-5,8,14H,6-7H2,1-3H3,(H,15,16,17). The SMILES string of the molecule is COc1cc(OC)c(CNCc2ncn[nH]2)c(OC)c1. The van der Waals surface area contributed by atoms with Crippen LogP contribution < -0.4 is 19.5 Å². The van der Waals surface area contributed by atoms with E-state index in [9.17, 15) is 0 Å². The molecule has 0 spiro atoms. The third-order valence-corrected chi connectivity index (χ3v) is 2.88. The number of aromatic amines is 1. The Morgan fingerprint density at radius 1 is 1.05 bits per heavy atom. The van der Waals surface area contributed by atoms with E-state index in [0.717, 1.165) is 11.4 Å². The minimum absolute atomic E-state index is 0.580. The van der Waals surface area contributed by atoms with Crippen LogP contribution in [-0.4, -0.2) is 36.5 Å². The normalized spacial score (nSPS) is 10.3. The summed E-state index contributed by atoms with van der Waals surface area (Å²) in [4.78, 5) is 4.05. The van der Waals surface area contributed by atoms with Crippen molar-refractivity contribution in [1.82, 2.24) is 20.5 Å². The van der Waals surface area contributed by atoms with Crippen molar-refractivity contribution in [2.24, 2.45) is 0 Å². The number of ether oxygens (including phenoxy) is 3. The van der Waals surface area contributed by atoms with Crippen LogP contribution in [0, 0.1) is 0 Å². The molecule has 20 heavy (non-hydrogen) atoms. The van der Waals surface area contributed by atoms with Crippen molar-refractivity contribution in [2.75, 3.05) is 21.3 Å². The Labute approximate surface area is 117 Å². The molecule has 0 radical (unpaired) electrons. The third-order valence-electron chi connectivity index (χ3n) is 2.88. The molecule has 2 N–H and O–H groups in total. The van der Waals surface area contributed by atoms with Crippen molar-refractivity contribution in [3.05, 3.63) is 29.8 Å². The summed E-state index contributed by atoms with van der Waals surface area (Å²) in [6, 6.07) is 3.65. The minimum Gasteiger partial charge on any atom is -0.496 e. The fraction of sp³-hybridized carbons (Fsp3) is 0.385. The molecule has 0 aliphatic carbocycles. The summed E-state index contributed by atoms with van der Waals surface area (Å²) in [6.45, 7) is 1.16. The van der Waals surface area contributed by atoms with Crippen LogP contribution in [0.15, 0.2) is 18.5 Å². The van der Waals surface area contributed by atoms with E-state index in [1.807, 2.05) is 12.1 Å². The molecule has 0 aliphatic heterocycles. The van der Waals surface area contributed by atoms with Gasteiger partial charge < -0.3 is 19.5 Å². The zero-order valence-corrected chi connectivity index (χ0v) is 11.8. The molecular formula is C13H18N4O3. The number of methoxy groups -OCH3 is 3. The predicted octanol–water partition coefficient (Wildman–Crippen LogP) is 1.12. The van der Waals surface area contributed by atoms with E-state index in [-0.39, 0.29) is 0 Å². The summed E-state index contributed by atoms with van der Waals surface area (Å²) >= 11 is 0. The summed E-state index contributed by atoms with van der Waals surface area (Å²) in [5, 5.41) is 9.85. The molecule has 1 heterocycles. The van der Waals surface area contributed by atoms with E-state index < -0.39 is 0 Å². The average molecular weight is 278 g/mol. The summed E-state index contributed by atoms with van der Waals surface area (Å²) in [6.07, 6.45) is 1.48. The van der Waals surface area contributed by atoms with Crippen LogP contribution in [-0.2, 0) is 13.1 Å². The van der Waals surface area contributed by atoms with E-state index in [1.165, 1.54) is 6.33 Å². The molecule has 0 saturated heterocycles. The van der Waals surface area contributed by atoms with Gasteiger partial charge in [-0.1, -0.05) is 0 Å². The molecule has 0 fully saturated rings. The number of nitrogens with one attached hydrogen (secondary N) is 2. The maximum atomic E-state index is 5.38. The lowest BCUT2D eigenvalue weighted by Gasteiger charge is -2.15. The Kier molecular flexibility index (Phi) is 4.78. The third kappa shape index (κ3) is 3.18. The van der Waals surface area contributed by atoms with Gasteiger partial charge in [-0.05, 0) is 0 Å². The van der Waals surface area contributed by atoms with Gasteiger partial charge >= 0.3 is 0 Å². The van der Waals surface area contributed by atoms with Crippen LogP contribution in [0.3, 0.4) is 0 Å². The monoisotopic (exact) mass is 278 g/mol. The van der Waals surface area contributed by atoms with Gasteiger partial charge in [0, 0.05) is 18.7 Å². The summed E-state index contributed by atoms with van der Waals surface area (Å²) < 4.78 is 16.0. The smallest absolute Gasteiger partial charge is 0.138 e. The highest BCUT2D eigenvalue weighted by molar-refractivity contribution is 5.50. The van der Waals surface area contributed by atoms with Gasteiger partial charge in [0.1, 0.15) is 29.4 Å². The molecule has 0 saturated carbocycles. The molecular weight excluding hydrogens is 260 g/mol. The van der Waals surface area contributed by atoms with Crippen LogP contribution in [0.1, 0.15) is 11.4 Å². The van der Waals surface area contributed by atoms with E-state index in [2.05, 4.69) is 20.5 Å². The summed E-state index contributed by atoms with van der Waals surface area (Å²) in [7, 11) is 4.85. The van der Waals surface area contributed by atoms with Gasteiger partial charge in [0.25, 0.3) is 0 Å². The van der Waals surface area contributed by atoms with E-state index in [0.29, 0.717) is 30.3 Å². The Balaban J connectivity index is 2.12. The van der Waals surface area contributed by atoms with Gasteiger partial charge in [-0.2, -0.15) is 5.10 Å². The molecule has 7 heteroatoms. The molecule has 0 aliphatic rings. The van der Waals surface area contributed by atoms with Crippen LogP contribution in [0.4, 0.5) is 0 Å². The van der Waals surface area contributed by atoms with Crippen LogP contribution in [0.25, 0.3) is 0 Å². The average Bonchev–Trinajstić information content (AvgIpc) is 3.00. The number of nitrogens with zero attached hydrogens (tertiary/aromatic N) is 2. The fourth-order valence-corrected chi connectivity index (χ4v) is 1.87. The Bertz CT molecular complexity index is 518. The summed E-state index contributed by atoms with van der Waals surface area (Å²) in [5.74, 6) is 2.90. The zero-order valence-electron chi connectivity index (χ0n) is 11.8. The van der Waals surface area contributed by atoms with Crippen molar-refractivity contribution in [1.29, 1.82) is 0 Å². The zero-order chi connectivity index (χ0) is 14.4. The molecule has 0 unspecified atom stereocenters. The van der Waals surface area contributed by atoms with Crippen molar-refractivity contribution in [3.63, 3.8) is 0 Å². The highest BCUT2D eigenvalue weighted by Gasteiger charge is 2.13. The van der Waals surface area contributed by atoms with Crippen LogP contribution in [0.5, 0.6) is 17.2 Å². The number of hydrogen-bond donors (Lipinski definition) is 2. The van der Waals surface area contributed by atoms with E-state index >= 15 is 0 Å². The number of H-pyrrole nitrogens is 1. The lowest BCUT2D eigenvalue weighted by Crippen LogP contribution is -2.15. The number of aromatic nitrogens is 3. The second-order valence-electron chi connectivity index (χ2n) is 4.05. The van der Waals surface area contributed by atoms with Crippen molar-refractivity contribution in [3.8, 4) is 17.2 Å². The Morgan fingerprint density at radius 3 is 2.25 bits per heavy atom. The maximum absolute atomic E-state index is 5.38. The Morgan fingerprint density at radius 2 is 1.75 bits per heavy atom. The van der Waals surface area contributed by atoms with Gasteiger partial charge in [-0.25, -0.2) is 4.98 Å². The lowest BCUT2D eigenvalue weighted by atomic mass is 10.1. The van der Waals surface area contributed by atoms with Gasteiger partial charge in [-0.3, -0.25) is 5.10 Å².